The molecule has 1 aliphatic rings. The van der Waals surface area contributed by atoms with Gasteiger partial charge in [-0.15, -0.1) is 0 Å². The summed E-state index contributed by atoms with van der Waals surface area (Å²) < 4.78 is 9.15. The van der Waals surface area contributed by atoms with Crippen molar-refractivity contribution in [1.29, 1.82) is 0 Å². The molecule has 0 spiro atoms. The molecule has 1 rings (SSSR count). The predicted molar refractivity (Wildman–Crippen MR) is 41.5 cm³/mol. The van der Waals surface area contributed by atoms with Gasteiger partial charge in [-0.1, -0.05) is 0 Å². The zero-order valence-corrected chi connectivity index (χ0v) is 7.22. The number of hydrogen-bond donors (Lipinski definition) is 1. The third kappa shape index (κ3) is 7.12. The minimum Gasteiger partial charge on any atom is -0.448 e. The highest BCUT2D eigenvalue weighted by molar-refractivity contribution is 5.68. The van der Waals surface area contributed by atoms with Crippen LogP contribution in [0.5, 0.6) is 0 Å². The molecule has 1 aliphatic heterocycles. The first-order valence-corrected chi connectivity index (χ1v) is 3.60. The molecule has 0 atom stereocenters. The van der Waals surface area contributed by atoms with Crippen molar-refractivity contribution in [2.75, 3.05) is 20.3 Å². The maximum absolute atomic E-state index is 9.91. The topological polar surface area (TPSA) is 47.6 Å². The molecule has 1 N–H and O–H groups in total. The van der Waals surface area contributed by atoms with E-state index in [-0.39, 0.29) is 6.09 Å². The molecule has 11 heavy (non-hydrogen) atoms. The number of carbonyl (C=O) groups is 1. The van der Waals surface area contributed by atoms with Crippen LogP contribution in [0.15, 0.2) is 0 Å². The normalized spacial score (nSPS) is 15.1. The van der Waals surface area contributed by atoms with Crippen molar-refractivity contribution < 1.29 is 14.3 Å². The first-order chi connectivity index (χ1) is 5.16. The molecule has 0 aromatic rings. The van der Waals surface area contributed by atoms with Gasteiger partial charge in [-0.25, -0.2) is 4.79 Å². The van der Waals surface area contributed by atoms with Crippen LogP contribution < -0.4 is 5.32 Å². The Morgan fingerprint density at radius 1 is 1.64 bits per heavy atom. The van der Waals surface area contributed by atoms with Crippen molar-refractivity contribution in [2.24, 2.45) is 0 Å². The Labute approximate surface area is 66.9 Å². The molecule has 4 heteroatoms. The van der Waals surface area contributed by atoms with Crippen LogP contribution >= 0.6 is 0 Å². The molecule has 0 saturated carbocycles. The Morgan fingerprint density at radius 3 is 2.27 bits per heavy atom. The van der Waals surface area contributed by atoms with Crippen molar-refractivity contribution in [3.05, 3.63) is 0 Å². The van der Waals surface area contributed by atoms with Crippen LogP contribution in [0.4, 0.5) is 4.79 Å². The lowest BCUT2D eigenvalue weighted by Gasteiger charge is -1.94. The fraction of sp³-hybridized carbons (Fsp3) is 0.857. The van der Waals surface area contributed by atoms with E-state index in [2.05, 4.69) is 10.1 Å². The standard InChI is InChI=1S/C4H10O.C3H5NO2/c1-4(2)5-3;5-3-4-1-2-6-3/h4H,1-3H3;1-2H2,(H,4,5). The van der Waals surface area contributed by atoms with Crippen LogP contribution in [0.3, 0.4) is 0 Å². The lowest BCUT2D eigenvalue weighted by atomic mass is 10.5. The van der Waals surface area contributed by atoms with Gasteiger partial charge in [0.2, 0.25) is 0 Å². The number of hydrogen-bond acceptors (Lipinski definition) is 3. The summed E-state index contributed by atoms with van der Waals surface area (Å²) >= 11 is 0. The molecule has 0 unspecified atom stereocenters. The Kier molecular flexibility index (Phi) is 5.56. The van der Waals surface area contributed by atoms with Crippen LogP contribution in [0.25, 0.3) is 0 Å². The van der Waals surface area contributed by atoms with Crippen molar-refractivity contribution in [3.8, 4) is 0 Å². The highest BCUT2D eigenvalue weighted by Crippen LogP contribution is 1.82. The van der Waals surface area contributed by atoms with E-state index in [1.165, 1.54) is 0 Å². The van der Waals surface area contributed by atoms with Crippen LogP contribution in [0.2, 0.25) is 0 Å². The molecule has 0 bridgehead atoms. The molecule has 66 valence electrons. The lowest BCUT2D eigenvalue weighted by Crippen LogP contribution is -2.11. The fourth-order valence-corrected chi connectivity index (χ4v) is 0.348. The first-order valence-electron chi connectivity index (χ1n) is 3.60. The summed E-state index contributed by atoms with van der Waals surface area (Å²) in [4.78, 5) is 9.91. The van der Waals surface area contributed by atoms with Gasteiger partial charge in [0.25, 0.3) is 0 Å². The van der Waals surface area contributed by atoms with Crippen molar-refractivity contribution in [2.45, 2.75) is 20.0 Å². The lowest BCUT2D eigenvalue weighted by molar-refractivity contribution is 0.134. The van der Waals surface area contributed by atoms with Crippen molar-refractivity contribution in [3.63, 3.8) is 0 Å². The summed E-state index contributed by atoms with van der Waals surface area (Å²) in [6, 6.07) is 0. The van der Waals surface area contributed by atoms with Gasteiger partial charge < -0.3 is 14.8 Å². The van der Waals surface area contributed by atoms with Gasteiger partial charge in [-0.2, -0.15) is 0 Å². The van der Waals surface area contributed by atoms with Gasteiger partial charge in [0.15, 0.2) is 0 Å². The fourth-order valence-electron chi connectivity index (χ4n) is 0.348. The number of amides is 1. The third-order valence-electron chi connectivity index (χ3n) is 1.08. The van der Waals surface area contributed by atoms with Gasteiger partial charge in [0, 0.05) is 7.11 Å². The second-order valence-electron chi connectivity index (χ2n) is 2.35. The maximum Gasteiger partial charge on any atom is 0.407 e. The zero-order chi connectivity index (χ0) is 8.69. The molecule has 1 saturated heterocycles. The Hall–Kier alpha value is -0.770. The van der Waals surface area contributed by atoms with E-state index in [1.807, 2.05) is 13.8 Å². The number of nitrogens with one attached hydrogen (secondary N) is 1. The van der Waals surface area contributed by atoms with Gasteiger partial charge in [-0.05, 0) is 13.8 Å². The van der Waals surface area contributed by atoms with Crippen LogP contribution in [0, 0.1) is 0 Å². The molecule has 0 aromatic heterocycles. The van der Waals surface area contributed by atoms with Crippen molar-refractivity contribution >= 4 is 6.09 Å². The average molecular weight is 161 g/mol. The van der Waals surface area contributed by atoms with E-state index < -0.39 is 0 Å². The minimum absolute atomic E-state index is 0.296. The first kappa shape index (κ1) is 10.2. The van der Waals surface area contributed by atoms with Crippen molar-refractivity contribution in [1.82, 2.24) is 5.32 Å². The molecular weight excluding hydrogens is 146 g/mol. The van der Waals surface area contributed by atoms with E-state index in [9.17, 15) is 4.79 Å². The van der Waals surface area contributed by atoms with Crippen LogP contribution in [0.1, 0.15) is 13.8 Å². The Balaban J connectivity index is 0.000000187. The quantitative estimate of drug-likeness (QED) is 0.617. The second-order valence-corrected chi connectivity index (χ2v) is 2.35. The largest absolute Gasteiger partial charge is 0.448 e. The number of methoxy groups -OCH3 is 1. The maximum atomic E-state index is 9.91. The number of rotatable bonds is 1. The average Bonchev–Trinajstić information content (AvgIpc) is 2.41. The molecular formula is C7H15NO3. The number of cyclic esters (lactones) is 1. The molecule has 1 fully saturated rings. The van der Waals surface area contributed by atoms with E-state index in [0.29, 0.717) is 19.3 Å². The Morgan fingerprint density at radius 2 is 2.18 bits per heavy atom. The van der Waals surface area contributed by atoms with E-state index in [4.69, 9.17) is 4.74 Å². The second kappa shape index (κ2) is 5.97. The van der Waals surface area contributed by atoms with E-state index in [1.54, 1.807) is 7.11 Å². The van der Waals surface area contributed by atoms with Gasteiger partial charge in [0.1, 0.15) is 6.61 Å². The van der Waals surface area contributed by atoms with E-state index in [0.717, 1.165) is 0 Å². The molecule has 0 aliphatic carbocycles. The van der Waals surface area contributed by atoms with E-state index >= 15 is 0 Å². The van der Waals surface area contributed by atoms with Gasteiger partial charge >= 0.3 is 6.09 Å². The Bertz CT molecular complexity index is 106. The summed E-state index contributed by atoms with van der Waals surface area (Å²) in [5.41, 5.74) is 0. The number of ether oxygens (including phenoxy) is 2. The summed E-state index contributed by atoms with van der Waals surface area (Å²) in [6.07, 6.45) is 0.0880. The highest BCUT2D eigenvalue weighted by atomic mass is 16.6. The monoisotopic (exact) mass is 161 g/mol. The number of carbonyl (C=O) groups excluding carboxylic acids is 1. The van der Waals surface area contributed by atoms with Crippen LogP contribution in [-0.4, -0.2) is 32.5 Å². The summed E-state index contributed by atoms with van der Waals surface area (Å²) in [5, 5.41) is 2.46. The molecule has 4 nitrogen and oxygen atoms in total. The van der Waals surface area contributed by atoms with Crippen LogP contribution in [-0.2, 0) is 9.47 Å². The highest BCUT2D eigenvalue weighted by Gasteiger charge is 2.06. The van der Waals surface area contributed by atoms with Gasteiger partial charge in [-0.3, -0.25) is 0 Å². The predicted octanol–water partition coefficient (Wildman–Crippen LogP) is 0.767. The third-order valence-corrected chi connectivity index (χ3v) is 1.08. The zero-order valence-electron chi connectivity index (χ0n) is 7.22. The minimum atomic E-state index is -0.296. The smallest absolute Gasteiger partial charge is 0.407 e. The molecule has 1 heterocycles. The molecule has 0 aromatic carbocycles. The molecule has 1 amide bonds. The summed E-state index contributed by atoms with van der Waals surface area (Å²) in [5.74, 6) is 0. The summed E-state index contributed by atoms with van der Waals surface area (Å²) in [6.45, 7) is 5.19. The number of alkyl carbamates (subject to hydrolysis) is 1. The van der Waals surface area contributed by atoms with Gasteiger partial charge in [0.05, 0.1) is 12.6 Å². The summed E-state index contributed by atoms with van der Waals surface area (Å²) in [7, 11) is 1.70. The SMILES string of the molecule is COC(C)C.O=C1NCCO1. The molecule has 0 radical (unpaired) electrons.